The molecule has 0 aliphatic carbocycles. The molecular weight excluding hydrogens is 244 g/mol. The van der Waals surface area contributed by atoms with E-state index >= 15 is 0 Å². The molecule has 0 N–H and O–H groups in total. The molecule has 0 saturated carbocycles. The summed E-state index contributed by atoms with van der Waals surface area (Å²) in [7, 11) is -3.75. The highest BCUT2D eigenvalue weighted by Crippen LogP contribution is 2.17. The Labute approximate surface area is 103 Å². The van der Waals surface area contributed by atoms with Gasteiger partial charge in [-0.15, -0.1) is 0 Å². The van der Waals surface area contributed by atoms with Crippen LogP contribution in [0.3, 0.4) is 0 Å². The van der Waals surface area contributed by atoms with Crippen LogP contribution >= 0.6 is 0 Å². The molecule has 7 heteroatoms. The topological polar surface area (TPSA) is 71.1 Å². The van der Waals surface area contributed by atoms with Gasteiger partial charge in [0.1, 0.15) is 0 Å². The highest BCUT2D eigenvalue weighted by molar-refractivity contribution is 6.57. The van der Waals surface area contributed by atoms with Gasteiger partial charge in [-0.3, -0.25) is 9.59 Å². The second kappa shape index (κ2) is 6.73. The summed E-state index contributed by atoms with van der Waals surface area (Å²) >= 11 is 0. The lowest BCUT2D eigenvalue weighted by molar-refractivity contribution is -0.153. The van der Waals surface area contributed by atoms with Gasteiger partial charge in [-0.25, -0.2) is 0 Å². The van der Waals surface area contributed by atoms with Crippen LogP contribution in [-0.4, -0.2) is 33.2 Å². The van der Waals surface area contributed by atoms with E-state index in [-0.39, 0.29) is 12.2 Å². The summed E-state index contributed by atoms with van der Waals surface area (Å²) in [6.45, 7) is 9.35. The standard InChI is InChI=1S/C10H20O6Si/c1-7(2)13-17(14-8(3)4,15-9(5)11)16-10(6)12/h7-8H,1-6H3. The van der Waals surface area contributed by atoms with Crippen LogP contribution in [0.25, 0.3) is 0 Å². The summed E-state index contributed by atoms with van der Waals surface area (Å²) in [6, 6.07) is 0. The van der Waals surface area contributed by atoms with E-state index in [1.807, 2.05) is 0 Å². The molecule has 0 unspecified atom stereocenters. The highest BCUT2D eigenvalue weighted by Gasteiger charge is 2.55. The third-order valence-electron chi connectivity index (χ3n) is 1.30. The van der Waals surface area contributed by atoms with Crippen molar-refractivity contribution in [1.82, 2.24) is 0 Å². The molecule has 0 fully saturated rings. The molecule has 0 aliphatic rings. The predicted octanol–water partition coefficient (Wildman–Crippen LogP) is 1.40. The van der Waals surface area contributed by atoms with Crippen molar-refractivity contribution >= 4 is 21.0 Å². The lowest BCUT2D eigenvalue weighted by Crippen LogP contribution is -2.54. The van der Waals surface area contributed by atoms with E-state index in [1.165, 1.54) is 13.8 Å². The maximum atomic E-state index is 11.1. The Morgan fingerprint density at radius 3 is 1.29 bits per heavy atom. The van der Waals surface area contributed by atoms with Crippen LogP contribution in [0.5, 0.6) is 0 Å². The van der Waals surface area contributed by atoms with E-state index in [0.717, 1.165) is 0 Å². The van der Waals surface area contributed by atoms with Crippen molar-refractivity contribution in [3.63, 3.8) is 0 Å². The predicted molar refractivity (Wildman–Crippen MR) is 61.7 cm³/mol. The Morgan fingerprint density at radius 1 is 0.824 bits per heavy atom. The fourth-order valence-electron chi connectivity index (χ4n) is 1.07. The monoisotopic (exact) mass is 264 g/mol. The Kier molecular flexibility index (Phi) is 6.36. The molecule has 0 aromatic heterocycles. The summed E-state index contributed by atoms with van der Waals surface area (Å²) in [5, 5.41) is 0. The van der Waals surface area contributed by atoms with Gasteiger partial charge in [0.05, 0.1) is 0 Å². The van der Waals surface area contributed by atoms with E-state index in [1.54, 1.807) is 27.7 Å². The van der Waals surface area contributed by atoms with E-state index in [0.29, 0.717) is 0 Å². The Hall–Kier alpha value is -0.923. The van der Waals surface area contributed by atoms with Gasteiger partial charge in [-0.1, -0.05) is 0 Å². The van der Waals surface area contributed by atoms with Crippen molar-refractivity contribution in [1.29, 1.82) is 0 Å². The fraction of sp³-hybridized carbons (Fsp3) is 0.800. The summed E-state index contributed by atoms with van der Waals surface area (Å²) < 4.78 is 20.8. The van der Waals surface area contributed by atoms with Gasteiger partial charge >= 0.3 is 9.05 Å². The lowest BCUT2D eigenvalue weighted by atomic mass is 10.5. The zero-order valence-corrected chi connectivity index (χ0v) is 12.1. The molecule has 0 atom stereocenters. The first kappa shape index (κ1) is 16.1. The van der Waals surface area contributed by atoms with Crippen molar-refractivity contribution in [2.45, 2.75) is 53.8 Å². The van der Waals surface area contributed by atoms with Gasteiger partial charge in [0.25, 0.3) is 11.9 Å². The molecule has 0 aromatic carbocycles. The Balaban J connectivity index is 5.02. The van der Waals surface area contributed by atoms with E-state index in [4.69, 9.17) is 17.7 Å². The zero-order valence-electron chi connectivity index (χ0n) is 11.1. The summed E-state index contributed by atoms with van der Waals surface area (Å²) in [5.74, 6) is -1.22. The number of rotatable bonds is 6. The number of carbonyl (C=O) groups is 2. The van der Waals surface area contributed by atoms with Crippen LogP contribution in [0, 0.1) is 0 Å². The zero-order chi connectivity index (χ0) is 13.6. The van der Waals surface area contributed by atoms with Gasteiger partial charge in [0.2, 0.25) is 0 Å². The first-order valence-corrected chi connectivity index (χ1v) is 7.05. The minimum atomic E-state index is -3.75. The maximum absolute atomic E-state index is 11.1. The summed E-state index contributed by atoms with van der Waals surface area (Å²) in [4.78, 5) is 22.1. The van der Waals surface area contributed by atoms with Crippen LogP contribution in [0.15, 0.2) is 0 Å². The highest BCUT2D eigenvalue weighted by atomic mass is 28.4. The van der Waals surface area contributed by atoms with Crippen LogP contribution < -0.4 is 0 Å². The van der Waals surface area contributed by atoms with Crippen molar-refractivity contribution in [2.75, 3.05) is 0 Å². The molecule has 0 rings (SSSR count). The van der Waals surface area contributed by atoms with Crippen LogP contribution in [0.2, 0.25) is 0 Å². The molecule has 0 radical (unpaired) electrons. The molecule has 0 bridgehead atoms. The average molecular weight is 264 g/mol. The SMILES string of the molecule is CC(=O)O[Si](OC(C)=O)(OC(C)C)OC(C)C. The quantitative estimate of drug-likeness (QED) is 0.675. The smallest absolute Gasteiger partial charge is 0.442 e. The summed E-state index contributed by atoms with van der Waals surface area (Å²) in [6.07, 6.45) is -0.585. The molecule has 0 spiro atoms. The van der Waals surface area contributed by atoms with E-state index < -0.39 is 21.0 Å². The molecule has 0 saturated heterocycles. The largest absolute Gasteiger partial charge is 0.825 e. The normalized spacial score (nSPS) is 11.8. The minimum Gasteiger partial charge on any atom is -0.442 e. The third-order valence-corrected chi connectivity index (χ3v) is 3.89. The molecule has 100 valence electrons. The van der Waals surface area contributed by atoms with Crippen LogP contribution in [0.1, 0.15) is 41.5 Å². The van der Waals surface area contributed by atoms with Gasteiger partial charge < -0.3 is 17.7 Å². The molecule has 0 amide bonds. The molecule has 17 heavy (non-hydrogen) atoms. The Bertz CT molecular complexity index is 248. The van der Waals surface area contributed by atoms with Crippen molar-refractivity contribution < 1.29 is 27.3 Å². The van der Waals surface area contributed by atoms with Gasteiger partial charge in [-0.2, -0.15) is 0 Å². The number of carbonyl (C=O) groups excluding carboxylic acids is 2. The number of hydrogen-bond acceptors (Lipinski definition) is 6. The van der Waals surface area contributed by atoms with Crippen molar-refractivity contribution in [2.24, 2.45) is 0 Å². The fourth-order valence-corrected chi connectivity index (χ4v) is 3.22. The molecule has 0 heterocycles. The molecule has 6 nitrogen and oxygen atoms in total. The maximum Gasteiger partial charge on any atom is 0.825 e. The van der Waals surface area contributed by atoms with E-state index in [2.05, 4.69) is 0 Å². The molecular formula is C10H20O6Si. The molecule has 0 aliphatic heterocycles. The molecule has 0 aromatic rings. The Morgan fingerprint density at radius 2 is 1.12 bits per heavy atom. The first-order valence-electron chi connectivity index (χ1n) is 5.41. The van der Waals surface area contributed by atoms with Gasteiger partial charge in [-0.05, 0) is 27.7 Å². The first-order chi connectivity index (χ1) is 7.67. The van der Waals surface area contributed by atoms with Gasteiger partial charge in [0, 0.05) is 26.1 Å². The average Bonchev–Trinajstić information content (AvgIpc) is 1.95. The minimum absolute atomic E-state index is 0.292. The van der Waals surface area contributed by atoms with Crippen LogP contribution in [0.4, 0.5) is 0 Å². The van der Waals surface area contributed by atoms with Crippen molar-refractivity contribution in [3.05, 3.63) is 0 Å². The van der Waals surface area contributed by atoms with Gasteiger partial charge in [0.15, 0.2) is 0 Å². The third kappa shape index (κ3) is 7.08. The van der Waals surface area contributed by atoms with E-state index in [9.17, 15) is 9.59 Å². The van der Waals surface area contributed by atoms with Crippen LogP contribution in [-0.2, 0) is 27.3 Å². The second-order valence-electron chi connectivity index (χ2n) is 4.02. The number of hydrogen-bond donors (Lipinski definition) is 0. The lowest BCUT2D eigenvalue weighted by Gasteiger charge is -2.28. The van der Waals surface area contributed by atoms with Crippen molar-refractivity contribution in [3.8, 4) is 0 Å². The summed E-state index contributed by atoms with van der Waals surface area (Å²) in [5.41, 5.74) is 0. The second-order valence-corrected chi connectivity index (χ2v) is 5.90.